The predicted molar refractivity (Wildman–Crippen MR) is 117 cm³/mol. The molecule has 5 nitrogen and oxygen atoms in total. The van der Waals surface area contributed by atoms with Crippen LogP contribution in [-0.2, 0) is 11.0 Å². The van der Waals surface area contributed by atoms with Gasteiger partial charge in [0.2, 0.25) is 0 Å². The van der Waals surface area contributed by atoms with Gasteiger partial charge in [0.25, 0.3) is 5.91 Å². The average molecular weight is 448 g/mol. The standard InChI is InChI=1S/C23H24F4N4O/c24-15-4-6-20-17(12-15)18(22(32)30-20)14-29-16-5-7-21(19(13-16)23(25,26)27)28-8-11-31-9-2-1-3-10-31/h4-7,12-14,28-29H,1-3,8-11H2,(H,30,32). The second kappa shape index (κ2) is 9.20. The molecule has 1 saturated heterocycles. The van der Waals surface area contributed by atoms with Crippen molar-refractivity contribution >= 4 is 28.5 Å². The largest absolute Gasteiger partial charge is 0.418 e. The Kier molecular flexibility index (Phi) is 6.36. The van der Waals surface area contributed by atoms with Gasteiger partial charge in [-0.2, -0.15) is 13.2 Å². The SMILES string of the molecule is O=C1Nc2ccc(F)cc2C1=CNc1ccc(NCCN2CCCCC2)c(C(F)(F)F)c1. The van der Waals surface area contributed by atoms with E-state index in [1.165, 1.54) is 43.0 Å². The van der Waals surface area contributed by atoms with Crippen LogP contribution in [0, 0.1) is 5.82 Å². The molecule has 0 spiro atoms. The second-order valence-corrected chi connectivity index (χ2v) is 7.93. The summed E-state index contributed by atoms with van der Waals surface area (Å²) in [5.74, 6) is -0.962. The smallest absolute Gasteiger partial charge is 0.383 e. The van der Waals surface area contributed by atoms with E-state index in [9.17, 15) is 22.4 Å². The third-order valence-corrected chi connectivity index (χ3v) is 5.66. The molecule has 9 heteroatoms. The van der Waals surface area contributed by atoms with Gasteiger partial charge in [-0.05, 0) is 62.3 Å². The molecule has 2 heterocycles. The molecule has 0 aliphatic carbocycles. The van der Waals surface area contributed by atoms with E-state index in [1.54, 1.807) is 0 Å². The number of rotatable bonds is 6. The summed E-state index contributed by atoms with van der Waals surface area (Å²) in [5.41, 5.74) is 0.352. The fraction of sp³-hybridized carbons (Fsp3) is 0.348. The first-order chi connectivity index (χ1) is 15.3. The number of alkyl halides is 3. The number of hydrogen-bond donors (Lipinski definition) is 3. The average Bonchev–Trinajstić information content (AvgIpc) is 3.07. The third-order valence-electron chi connectivity index (χ3n) is 5.66. The van der Waals surface area contributed by atoms with Crippen molar-refractivity contribution in [2.45, 2.75) is 25.4 Å². The Balaban J connectivity index is 1.49. The number of hydrogen-bond acceptors (Lipinski definition) is 4. The summed E-state index contributed by atoms with van der Waals surface area (Å²) in [5, 5.41) is 8.25. The van der Waals surface area contributed by atoms with E-state index in [2.05, 4.69) is 20.9 Å². The first kappa shape index (κ1) is 22.1. The van der Waals surface area contributed by atoms with Gasteiger partial charge in [-0.3, -0.25) is 4.79 Å². The fourth-order valence-corrected chi connectivity index (χ4v) is 4.01. The maximum Gasteiger partial charge on any atom is 0.418 e. The lowest BCUT2D eigenvalue weighted by Crippen LogP contribution is -2.33. The molecule has 0 atom stereocenters. The van der Waals surface area contributed by atoms with Crippen LogP contribution < -0.4 is 16.0 Å². The molecule has 2 aromatic rings. The number of amides is 1. The number of halogens is 4. The molecule has 1 fully saturated rings. The summed E-state index contributed by atoms with van der Waals surface area (Å²) in [6.45, 7) is 3.06. The van der Waals surface area contributed by atoms with Crippen LogP contribution in [0.3, 0.4) is 0 Å². The first-order valence-electron chi connectivity index (χ1n) is 10.6. The van der Waals surface area contributed by atoms with Gasteiger partial charge in [0, 0.05) is 41.9 Å². The number of piperidine rings is 1. The Morgan fingerprint density at radius 3 is 2.59 bits per heavy atom. The molecule has 4 rings (SSSR count). The van der Waals surface area contributed by atoms with Gasteiger partial charge in [-0.15, -0.1) is 0 Å². The highest BCUT2D eigenvalue weighted by Crippen LogP contribution is 2.37. The molecule has 0 radical (unpaired) electrons. The predicted octanol–water partition coefficient (Wildman–Crippen LogP) is 5.15. The minimum atomic E-state index is -4.54. The van der Waals surface area contributed by atoms with Crippen LogP contribution in [0.15, 0.2) is 42.6 Å². The van der Waals surface area contributed by atoms with Crippen molar-refractivity contribution in [1.29, 1.82) is 0 Å². The molecule has 0 bridgehead atoms. The van der Waals surface area contributed by atoms with Crippen LogP contribution in [0.1, 0.15) is 30.4 Å². The summed E-state index contributed by atoms with van der Waals surface area (Å²) in [7, 11) is 0. The van der Waals surface area contributed by atoms with E-state index in [0.717, 1.165) is 32.0 Å². The maximum absolute atomic E-state index is 13.7. The van der Waals surface area contributed by atoms with Crippen LogP contribution in [0.5, 0.6) is 0 Å². The van der Waals surface area contributed by atoms with Crippen molar-refractivity contribution < 1.29 is 22.4 Å². The van der Waals surface area contributed by atoms with Crippen molar-refractivity contribution in [1.82, 2.24) is 4.90 Å². The highest BCUT2D eigenvalue weighted by Gasteiger charge is 2.34. The summed E-state index contributed by atoms with van der Waals surface area (Å²) in [6, 6.07) is 7.76. The molecular formula is C23H24F4N4O. The molecule has 170 valence electrons. The highest BCUT2D eigenvalue weighted by molar-refractivity contribution is 6.31. The summed E-state index contributed by atoms with van der Waals surface area (Å²) in [4.78, 5) is 14.4. The summed E-state index contributed by atoms with van der Waals surface area (Å²) in [6.07, 6.45) is 0.199. The number of carbonyl (C=O) groups excluding carboxylic acids is 1. The van der Waals surface area contributed by atoms with Crippen molar-refractivity contribution in [3.05, 3.63) is 59.5 Å². The normalized spacial score (nSPS) is 17.9. The van der Waals surface area contributed by atoms with Crippen LogP contribution in [0.2, 0.25) is 0 Å². The minimum absolute atomic E-state index is 0.0127. The van der Waals surface area contributed by atoms with Crippen molar-refractivity contribution in [3.8, 4) is 0 Å². The molecule has 2 aliphatic heterocycles. The molecule has 3 N–H and O–H groups in total. The van der Waals surface area contributed by atoms with E-state index in [-0.39, 0.29) is 16.9 Å². The molecule has 2 aliphatic rings. The topological polar surface area (TPSA) is 56.4 Å². The van der Waals surface area contributed by atoms with Gasteiger partial charge in [0.05, 0.1) is 11.1 Å². The van der Waals surface area contributed by atoms with Crippen LogP contribution in [0.25, 0.3) is 5.57 Å². The zero-order valence-electron chi connectivity index (χ0n) is 17.4. The quantitative estimate of drug-likeness (QED) is 0.423. The second-order valence-electron chi connectivity index (χ2n) is 7.93. The van der Waals surface area contributed by atoms with Crippen molar-refractivity contribution in [3.63, 3.8) is 0 Å². The van der Waals surface area contributed by atoms with Crippen LogP contribution >= 0.6 is 0 Å². The maximum atomic E-state index is 13.7. The van der Waals surface area contributed by atoms with E-state index in [4.69, 9.17) is 0 Å². The number of nitrogens with one attached hydrogen (secondary N) is 3. The number of benzene rings is 2. The monoisotopic (exact) mass is 448 g/mol. The Morgan fingerprint density at radius 1 is 1.06 bits per heavy atom. The first-order valence-corrected chi connectivity index (χ1v) is 10.6. The van der Waals surface area contributed by atoms with E-state index in [1.807, 2.05) is 0 Å². The Bertz CT molecular complexity index is 1030. The van der Waals surface area contributed by atoms with Crippen LogP contribution in [-0.4, -0.2) is 37.0 Å². The molecule has 1 amide bonds. The van der Waals surface area contributed by atoms with E-state index < -0.39 is 23.5 Å². The lowest BCUT2D eigenvalue weighted by atomic mass is 10.1. The minimum Gasteiger partial charge on any atom is -0.383 e. The zero-order chi connectivity index (χ0) is 22.7. The number of fused-ring (bicyclic) bond motifs is 1. The summed E-state index contributed by atoms with van der Waals surface area (Å²) >= 11 is 0. The Morgan fingerprint density at radius 2 is 1.84 bits per heavy atom. The molecule has 0 aromatic heterocycles. The molecule has 2 aromatic carbocycles. The van der Waals surface area contributed by atoms with Gasteiger partial charge in [0.15, 0.2) is 0 Å². The number of anilines is 3. The summed E-state index contributed by atoms with van der Waals surface area (Å²) < 4.78 is 54.5. The number of nitrogens with zero attached hydrogens (tertiary/aromatic N) is 1. The van der Waals surface area contributed by atoms with Crippen molar-refractivity contribution in [2.24, 2.45) is 0 Å². The molecule has 32 heavy (non-hydrogen) atoms. The third kappa shape index (κ3) is 5.04. The number of carbonyl (C=O) groups is 1. The van der Waals surface area contributed by atoms with Crippen LogP contribution in [0.4, 0.5) is 34.6 Å². The van der Waals surface area contributed by atoms with Gasteiger partial charge >= 0.3 is 6.18 Å². The highest BCUT2D eigenvalue weighted by atomic mass is 19.4. The number of likely N-dealkylation sites (tertiary alicyclic amines) is 1. The van der Waals surface area contributed by atoms with E-state index >= 15 is 0 Å². The lowest BCUT2D eigenvalue weighted by Gasteiger charge is -2.26. The van der Waals surface area contributed by atoms with Gasteiger partial charge < -0.3 is 20.9 Å². The van der Waals surface area contributed by atoms with Gasteiger partial charge in [-0.1, -0.05) is 6.42 Å². The zero-order valence-corrected chi connectivity index (χ0v) is 17.4. The Labute approximate surface area is 183 Å². The Hall–Kier alpha value is -3.07. The van der Waals surface area contributed by atoms with E-state index in [0.29, 0.717) is 24.3 Å². The van der Waals surface area contributed by atoms with Gasteiger partial charge in [0.1, 0.15) is 5.82 Å². The fourth-order valence-electron chi connectivity index (χ4n) is 4.01. The van der Waals surface area contributed by atoms with Gasteiger partial charge in [-0.25, -0.2) is 4.39 Å². The van der Waals surface area contributed by atoms with Crippen molar-refractivity contribution in [2.75, 3.05) is 42.1 Å². The lowest BCUT2D eigenvalue weighted by molar-refractivity contribution is -0.136. The molecular weight excluding hydrogens is 424 g/mol. The molecule has 0 unspecified atom stereocenters. The molecule has 0 saturated carbocycles.